The van der Waals surface area contributed by atoms with E-state index >= 15 is 0 Å². The molecule has 2 aromatic heterocycles. The van der Waals surface area contributed by atoms with Gasteiger partial charge in [0.05, 0.1) is 21.8 Å². The fourth-order valence-electron chi connectivity index (χ4n) is 5.79. The number of thiazole rings is 1. The first-order valence-electron chi connectivity index (χ1n) is 14.9. The van der Waals surface area contributed by atoms with Gasteiger partial charge in [-0.05, 0) is 74.9 Å². The first-order chi connectivity index (χ1) is 22.2. The van der Waals surface area contributed by atoms with Crippen molar-refractivity contribution in [3.63, 3.8) is 0 Å². The van der Waals surface area contributed by atoms with E-state index in [-0.39, 0.29) is 29.7 Å². The van der Waals surface area contributed by atoms with Gasteiger partial charge in [-0.1, -0.05) is 53.3 Å². The molecule has 46 heavy (non-hydrogen) atoms. The number of rotatable bonds is 8. The van der Waals surface area contributed by atoms with Crippen LogP contribution in [0.3, 0.4) is 0 Å². The highest BCUT2D eigenvalue weighted by molar-refractivity contribution is 7.07. The molecule has 1 aliphatic rings. The summed E-state index contributed by atoms with van der Waals surface area (Å²) in [5.74, 6) is -0.824. The van der Waals surface area contributed by atoms with Crippen molar-refractivity contribution in [2.24, 2.45) is 4.99 Å². The van der Waals surface area contributed by atoms with Crippen LogP contribution in [0.4, 0.5) is 10.1 Å². The summed E-state index contributed by atoms with van der Waals surface area (Å²) in [6.07, 6.45) is 3.65. The minimum Gasteiger partial charge on any atom is -0.339 e. The Morgan fingerprint density at radius 3 is 2.43 bits per heavy atom. The van der Waals surface area contributed by atoms with E-state index in [1.165, 1.54) is 35.6 Å². The average molecular weight is 656 g/mol. The number of aromatic nitrogens is 2. The highest BCUT2D eigenvalue weighted by Crippen LogP contribution is 2.32. The molecule has 3 heterocycles. The molecule has 0 fully saturated rings. The van der Waals surface area contributed by atoms with Crippen LogP contribution in [0.5, 0.6) is 0 Å². The van der Waals surface area contributed by atoms with Crippen LogP contribution in [0.1, 0.15) is 37.9 Å². The summed E-state index contributed by atoms with van der Waals surface area (Å²) < 4.78 is 17.2. The van der Waals surface area contributed by atoms with Crippen molar-refractivity contribution >= 4 is 57.4 Å². The van der Waals surface area contributed by atoms with Crippen LogP contribution < -0.4 is 20.2 Å². The fourth-order valence-corrected chi connectivity index (χ4v) is 6.95. The number of allylic oxidation sites excluding steroid dienone is 1. The monoisotopic (exact) mass is 655 g/mol. The number of carbonyl (C=O) groups excluding carboxylic acids is 2. The number of para-hydroxylation sites is 1. The van der Waals surface area contributed by atoms with Gasteiger partial charge in [-0.2, -0.15) is 0 Å². The maximum absolute atomic E-state index is 14.2. The Hall–Kier alpha value is -4.80. The third kappa shape index (κ3) is 5.93. The highest BCUT2D eigenvalue weighted by Gasteiger charge is 2.34. The predicted octanol–water partition coefficient (Wildman–Crippen LogP) is 5.49. The van der Waals surface area contributed by atoms with Crippen LogP contribution in [-0.2, 0) is 16.1 Å². The van der Waals surface area contributed by atoms with E-state index in [4.69, 9.17) is 16.6 Å². The molecular weight excluding hydrogens is 625 g/mol. The van der Waals surface area contributed by atoms with E-state index in [2.05, 4.69) is 5.32 Å². The van der Waals surface area contributed by atoms with Crippen LogP contribution in [0, 0.1) is 5.82 Å². The second kappa shape index (κ2) is 12.9. The highest BCUT2D eigenvalue weighted by atomic mass is 35.5. The maximum Gasteiger partial charge on any atom is 0.271 e. The Morgan fingerprint density at radius 1 is 1.04 bits per heavy atom. The van der Waals surface area contributed by atoms with Crippen LogP contribution in [0.15, 0.2) is 100 Å². The lowest BCUT2D eigenvalue weighted by atomic mass is 9.94. The number of anilines is 1. The molecule has 3 aromatic carbocycles. The van der Waals surface area contributed by atoms with Gasteiger partial charge in [0.2, 0.25) is 5.91 Å². The van der Waals surface area contributed by atoms with Crippen molar-refractivity contribution in [3.8, 4) is 0 Å². The maximum atomic E-state index is 14.2. The number of fused-ring (bicyclic) bond motifs is 2. The third-order valence-corrected chi connectivity index (χ3v) is 9.27. The van der Waals surface area contributed by atoms with Gasteiger partial charge >= 0.3 is 0 Å². The first kappa shape index (κ1) is 31.2. The zero-order chi connectivity index (χ0) is 32.5. The fraction of sp³-hybridized carbons (Fsp3) is 0.200. The lowest BCUT2D eigenvalue weighted by molar-refractivity contribution is -0.127. The summed E-state index contributed by atoms with van der Waals surface area (Å²) in [7, 11) is 0. The Labute approximate surface area is 273 Å². The normalized spacial score (nSPS) is 14.7. The van der Waals surface area contributed by atoms with Crippen molar-refractivity contribution in [1.29, 1.82) is 0 Å². The van der Waals surface area contributed by atoms with Crippen molar-refractivity contribution in [1.82, 2.24) is 14.0 Å². The minimum absolute atomic E-state index is 0.0135. The summed E-state index contributed by atoms with van der Waals surface area (Å²) in [4.78, 5) is 47.9. The smallest absolute Gasteiger partial charge is 0.271 e. The molecule has 6 rings (SSSR count). The van der Waals surface area contributed by atoms with E-state index in [0.717, 1.165) is 22.0 Å². The van der Waals surface area contributed by atoms with Gasteiger partial charge in [0, 0.05) is 46.5 Å². The molecule has 234 valence electrons. The van der Waals surface area contributed by atoms with Gasteiger partial charge < -0.3 is 14.8 Å². The molecule has 0 unspecified atom stereocenters. The second-order valence-corrected chi connectivity index (χ2v) is 12.3. The Kier molecular flexibility index (Phi) is 8.75. The predicted molar refractivity (Wildman–Crippen MR) is 180 cm³/mol. The number of hydrogen-bond acceptors (Lipinski definition) is 5. The number of halogens is 2. The Balaban J connectivity index is 1.44. The van der Waals surface area contributed by atoms with E-state index < -0.39 is 6.04 Å². The Bertz CT molecular complexity index is 2180. The molecule has 0 radical (unpaired) electrons. The molecule has 0 saturated carbocycles. The SMILES string of the molecule is CCN(CC)C(=O)C1=C(C)N=c2s/c(=C/c3cn(CC(=O)Nc4ccc(F)cc4)c4ccccc34)c(=O)n2[C@@H]1c1ccc(Cl)cc1. The van der Waals surface area contributed by atoms with Gasteiger partial charge in [0.15, 0.2) is 4.80 Å². The lowest BCUT2D eigenvalue weighted by Crippen LogP contribution is -2.43. The van der Waals surface area contributed by atoms with Crippen LogP contribution in [0.2, 0.25) is 5.02 Å². The van der Waals surface area contributed by atoms with Gasteiger partial charge in [-0.15, -0.1) is 0 Å². The van der Waals surface area contributed by atoms with Crippen molar-refractivity contribution < 1.29 is 14.0 Å². The van der Waals surface area contributed by atoms with E-state index in [0.29, 0.717) is 44.4 Å². The summed E-state index contributed by atoms with van der Waals surface area (Å²) in [5.41, 5.74) is 3.57. The van der Waals surface area contributed by atoms with Crippen LogP contribution in [0.25, 0.3) is 17.0 Å². The molecule has 5 aromatic rings. The van der Waals surface area contributed by atoms with Gasteiger partial charge in [-0.25, -0.2) is 9.38 Å². The summed E-state index contributed by atoms with van der Waals surface area (Å²) in [6, 6.07) is 19.7. The number of nitrogens with one attached hydrogen (secondary N) is 1. The molecule has 1 atom stereocenters. The average Bonchev–Trinajstić information content (AvgIpc) is 3.54. The zero-order valence-corrected chi connectivity index (χ0v) is 27.0. The summed E-state index contributed by atoms with van der Waals surface area (Å²) in [5, 5.41) is 4.22. The van der Waals surface area contributed by atoms with E-state index in [9.17, 15) is 18.8 Å². The lowest BCUT2D eigenvalue weighted by Gasteiger charge is -2.29. The van der Waals surface area contributed by atoms with Crippen molar-refractivity contribution in [3.05, 3.63) is 132 Å². The molecular formula is C35H31ClFN5O3S. The number of hydrogen-bond donors (Lipinski definition) is 1. The number of benzene rings is 3. The van der Waals surface area contributed by atoms with E-state index in [1.54, 1.807) is 28.5 Å². The van der Waals surface area contributed by atoms with Gasteiger partial charge in [0.1, 0.15) is 12.4 Å². The molecule has 11 heteroatoms. The number of nitrogens with zero attached hydrogens (tertiary/aromatic N) is 4. The largest absolute Gasteiger partial charge is 0.339 e. The summed E-state index contributed by atoms with van der Waals surface area (Å²) in [6.45, 7) is 6.71. The molecule has 0 aliphatic carbocycles. The zero-order valence-electron chi connectivity index (χ0n) is 25.5. The van der Waals surface area contributed by atoms with Gasteiger partial charge in [-0.3, -0.25) is 19.0 Å². The number of amides is 2. The molecule has 8 nitrogen and oxygen atoms in total. The molecule has 0 spiro atoms. The quantitative estimate of drug-likeness (QED) is 0.240. The van der Waals surface area contributed by atoms with Crippen LogP contribution >= 0.6 is 22.9 Å². The standard InChI is InChI=1S/C35H31ClFN5O3S/c1-4-40(5-2)34(45)31-21(3)38-35-42(32(31)22-10-12-24(36)13-11-22)33(44)29(46-35)18-23-19-41(28-9-7-6-8-27(23)28)20-30(43)39-26-16-14-25(37)15-17-26/h6-19,32H,4-5,20H2,1-3H3,(H,39,43)/b29-18+/t32-/m1/s1. The van der Waals surface area contributed by atoms with Crippen molar-refractivity contribution in [2.75, 3.05) is 18.4 Å². The summed E-state index contributed by atoms with van der Waals surface area (Å²) >= 11 is 7.46. The van der Waals surface area contributed by atoms with E-state index in [1.807, 2.05) is 67.1 Å². The molecule has 0 saturated heterocycles. The molecule has 2 amide bonds. The first-order valence-corrected chi connectivity index (χ1v) is 16.1. The third-order valence-electron chi connectivity index (χ3n) is 8.04. The van der Waals surface area contributed by atoms with Gasteiger partial charge in [0.25, 0.3) is 11.5 Å². The molecule has 0 bridgehead atoms. The van der Waals surface area contributed by atoms with Crippen molar-refractivity contribution in [2.45, 2.75) is 33.4 Å². The Morgan fingerprint density at radius 2 is 1.74 bits per heavy atom. The number of carbonyl (C=O) groups is 2. The van der Waals surface area contributed by atoms with Crippen LogP contribution in [-0.4, -0.2) is 38.9 Å². The second-order valence-electron chi connectivity index (χ2n) is 10.9. The molecule has 1 N–H and O–H groups in total. The topological polar surface area (TPSA) is 88.7 Å². The molecule has 1 aliphatic heterocycles. The number of likely N-dealkylation sites (N-methyl/N-ethyl adjacent to an activating group) is 1. The minimum atomic E-state index is -0.680.